The topological polar surface area (TPSA) is 63.9 Å². The normalized spacial score (nSPS) is 10.5. The molecule has 0 saturated heterocycles. The number of nitrogen functional groups attached to an aromatic ring is 1. The molecular formula is C17H17N3O. The Morgan fingerprint density at radius 1 is 1.10 bits per heavy atom. The van der Waals surface area contributed by atoms with Crippen LogP contribution in [0.5, 0.6) is 5.75 Å². The molecule has 0 aliphatic carbocycles. The zero-order valence-electron chi connectivity index (χ0n) is 11.8. The van der Waals surface area contributed by atoms with Gasteiger partial charge in [0, 0.05) is 11.3 Å². The molecule has 1 aromatic heterocycles. The van der Waals surface area contributed by atoms with Gasteiger partial charge in [-0.25, -0.2) is 0 Å². The third kappa shape index (κ3) is 3.05. The minimum Gasteiger partial charge on any atom is -0.487 e. The van der Waals surface area contributed by atoms with E-state index in [1.165, 1.54) is 0 Å². The number of hydrogen-bond donors (Lipinski definition) is 2. The van der Waals surface area contributed by atoms with Crippen LogP contribution in [0.3, 0.4) is 0 Å². The van der Waals surface area contributed by atoms with Crippen molar-refractivity contribution >= 4 is 5.69 Å². The average Bonchev–Trinajstić information content (AvgIpc) is 2.95. The number of aryl methyl sites for hydroxylation is 1. The van der Waals surface area contributed by atoms with Crippen molar-refractivity contribution in [3.8, 4) is 17.0 Å². The summed E-state index contributed by atoms with van der Waals surface area (Å²) >= 11 is 0. The van der Waals surface area contributed by atoms with Crippen LogP contribution in [-0.2, 0) is 6.61 Å². The van der Waals surface area contributed by atoms with Gasteiger partial charge in [-0.3, -0.25) is 5.10 Å². The standard InChI is InChI=1S/C17H17N3O/c1-12-5-2-3-8-17(12)21-11-15-10-16(20-19-15)13-6-4-7-14(18)9-13/h2-10H,11,18H2,1H3,(H,19,20). The minimum atomic E-state index is 0.459. The molecule has 0 amide bonds. The predicted octanol–water partition coefficient (Wildman–Crippen LogP) is 3.55. The molecule has 0 radical (unpaired) electrons. The average molecular weight is 279 g/mol. The largest absolute Gasteiger partial charge is 0.487 e. The predicted molar refractivity (Wildman–Crippen MR) is 83.9 cm³/mol. The van der Waals surface area contributed by atoms with Crippen LogP contribution in [0.2, 0.25) is 0 Å². The van der Waals surface area contributed by atoms with E-state index in [2.05, 4.69) is 10.2 Å². The Hall–Kier alpha value is -2.75. The van der Waals surface area contributed by atoms with Crippen molar-refractivity contribution in [3.05, 3.63) is 65.9 Å². The summed E-state index contributed by atoms with van der Waals surface area (Å²) in [5, 5.41) is 7.30. The Balaban J connectivity index is 1.72. The number of nitrogens with one attached hydrogen (secondary N) is 1. The molecule has 2 aromatic carbocycles. The van der Waals surface area contributed by atoms with Gasteiger partial charge in [-0.05, 0) is 36.8 Å². The van der Waals surface area contributed by atoms with Gasteiger partial charge >= 0.3 is 0 Å². The number of aromatic amines is 1. The van der Waals surface area contributed by atoms with Crippen LogP contribution < -0.4 is 10.5 Å². The highest BCUT2D eigenvalue weighted by Gasteiger charge is 2.05. The summed E-state index contributed by atoms with van der Waals surface area (Å²) in [5.74, 6) is 0.887. The number of hydrogen-bond acceptors (Lipinski definition) is 3. The Morgan fingerprint density at radius 3 is 2.76 bits per heavy atom. The first kappa shape index (κ1) is 13.2. The monoisotopic (exact) mass is 279 g/mol. The van der Waals surface area contributed by atoms with E-state index in [-0.39, 0.29) is 0 Å². The third-order valence-electron chi connectivity index (χ3n) is 3.29. The van der Waals surface area contributed by atoms with Gasteiger partial charge in [-0.15, -0.1) is 0 Å². The van der Waals surface area contributed by atoms with Gasteiger partial charge in [0.15, 0.2) is 0 Å². The SMILES string of the molecule is Cc1ccccc1OCc1cc(-c2cccc(N)c2)n[nH]1. The summed E-state index contributed by atoms with van der Waals surface area (Å²) in [6, 6.07) is 17.6. The molecule has 3 aromatic rings. The number of anilines is 1. The molecule has 0 bridgehead atoms. The van der Waals surface area contributed by atoms with Gasteiger partial charge in [0.25, 0.3) is 0 Å². The minimum absolute atomic E-state index is 0.459. The highest BCUT2D eigenvalue weighted by molar-refractivity contribution is 5.64. The van der Waals surface area contributed by atoms with Crippen molar-refractivity contribution in [1.82, 2.24) is 10.2 Å². The Morgan fingerprint density at radius 2 is 1.95 bits per heavy atom. The van der Waals surface area contributed by atoms with Crippen LogP contribution >= 0.6 is 0 Å². The molecule has 4 heteroatoms. The molecule has 0 fully saturated rings. The van der Waals surface area contributed by atoms with Crippen LogP contribution in [0.25, 0.3) is 11.3 Å². The van der Waals surface area contributed by atoms with Gasteiger partial charge in [0.2, 0.25) is 0 Å². The number of H-pyrrole nitrogens is 1. The van der Waals surface area contributed by atoms with Gasteiger partial charge in [-0.1, -0.05) is 30.3 Å². The molecule has 0 atom stereocenters. The number of nitrogens with zero attached hydrogens (tertiary/aromatic N) is 1. The lowest BCUT2D eigenvalue weighted by Crippen LogP contribution is -1.97. The molecule has 3 N–H and O–H groups in total. The van der Waals surface area contributed by atoms with Crippen LogP contribution in [0.1, 0.15) is 11.3 Å². The molecule has 0 saturated carbocycles. The number of ether oxygens (including phenoxy) is 1. The first-order valence-corrected chi connectivity index (χ1v) is 6.81. The second-order valence-electron chi connectivity index (χ2n) is 4.96. The molecule has 106 valence electrons. The molecule has 0 unspecified atom stereocenters. The number of para-hydroxylation sites is 1. The van der Waals surface area contributed by atoms with E-state index in [0.29, 0.717) is 6.61 Å². The van der Waals surface area contributed by atoms with Crippen molar-refractivity contribution in [2.45, 2.75) is 13.5 Å². The maximum absolute atomic E-state index is 5.80. The second-order valence-corrected chi connectivity index (χ2v) is 4.96. The Bertz CT molecular complexity index is 749. The summed E-state index contributed by atoms with van der Waals surface area (Å²) < 4.78 is 5.80. The first-order valence-electron chi connectivity index (χ1n) is 6.81. The molecule has 0 aliphatic heterocycles. The third-order valence-corrected chi connectivity index (χ3v) is 3.29. The fraction of sp³-hybridized carbons (Fsp3) is 0.118. The number of nitrogens with two attached hydrogens (primary N) is 1. The van der Waals surface area contributed by atoms with E-state index >= 15 is 0 Å². The van der Waals surface area contributed by atoms with Crippen LogP contribution in [0.4, 0.5) is 5.69 Å². The van der Waals surface area contributed by atoms with Gasteiger partial charge in [-0.2, -0.15) is 5.10 Å². The molecule has 1 heterocycles. The lowest BCUT2D eigenvalue weighted by atomic mass is 10.1. The van der Waals surface area contributed by atoms with Crippen molar-refractivity contribution < 1.29 is 4.74 Å². The van der Waals surface area contributed by atoms with E-state index in [1.807, 2.05) is 61.5 Å². The van der Waals surface area contributed by atoms with E-state index in [4.69, 9.17) is 10.5 Å². The van der Waals surface area contributed by atoms with Crippen LogP contribution in [0.15, 0.2) is 54.6 Å². The van der Waals surface area contributed by atoms with E-state index in [9.17, 15) is 0 Å². The zero-order valence-corrected chi connectivity index (χ0v) is 11.8. The summed E-state index contributed by atoms with van der Waals surface area (Å²) in [6.07, 6.45) is 0. The van der Waals surface area contributed by atoms with Crippen molar-refractivity contribution in [2.75, 3.05) is 5.73 Å². The fourth-order valence-corrected chi connectivity index (χ4v) is 2.16. The first-order chi connectivity index (χ1) is 10.2. The Kier molecular flexibility index (Phi) is 3.60. The van der Waals surface area contributed by atoms with Gasteiger partial charge < -0.3 is 10.5 Å². The highest BCUT2D eigenvalue weighted by atomic mass is 16.5. The second kappa shape index (κ2) is 5.71. The van der Waals surface area contributed by atoms with E-state index in [0.717, 1.165) is 34.0 Å². The van der Waals surface area contributed by atoms with Gasteiger partial charge in [0.1, 0.15) is 12.4 Å². The molecule has 3 rings (SSSR count). The van der Waals surface area contributed by atoms with Crippen molar-refractivity contribution in [1.29, 1.82) is 0 Å². The zero-order chi connectivity index (χ0) is 14.7. The lowest BCUT2D eigenvalue weighted by Gasteiger charge is -2.06. The Labute approximate surface area is 123 Å². The summed E-state index contributed by atoms with van der Waals surface area (Å²) in [5.41, 5.74) is 10.4. The molecule has 0 aliphatic rings. The number of rotatable bonds is 4. The fourth-order valence-electron chi connectivity index (χ4n) is 2.16. The smallest absolute Gasteiger partial charge is 0.130 e. The number of benzene rings is 2. The maximum Gasteiger partial charge on any atom is 0.130 e. The summed E-state index contributed by atoms with van der Waals surface area (Å²) in [4.78, 5) is 0. The van der Waals surface area contributed by atoms with Crippen molar-refractivity contribution in [3.63, 3.8) is 0 Å². The molecule has 0 spiro atoms. The molecule has 21 heavy (non-hydrogen) atoms. The lowest BCUT2D eigenvalue weighted by molar-refractivity contribution is 0.299. The highest BCUT2D eigenvalue weighted by Crippen LogP contribution is 2.21. The van der Waals surface area contributed by atoms with Gasteiger partial charge in [0.05, 0.1) is 11.4 Å². The summed E-state index contributed by atoms with van der Waals surface area (Å²) in [7, 11) is 0. The number of aromatic nitrogens is 2. The molecule has 4 nitrogen and oxygen atoms in total. The van der Waals surface area contributed by atoms with Crippen molar-refractivity contribution in [2.24, 2.45) is 0 Å². The molecular weight excluding hydrogens is 262 g/mol. The maximum atomic E-state index is 5.80. The summed E-state index contributed by atoms with van der Waals surface area (Å²) in [6.45, 7) is 2.49. The van der Waals surface area contributed by atoms with Crippen LogP contribution in [-0.4, -0.2) is 10.2 Å². The quantitative estimate of drug-likeness (QED) is 0.718. The van der Waals surface area contributed by atoms with E-state index in [1.54, 1.807) is 0 Å². The van der Waals surface area contributed by atoms with Crippen LogP contribution in [0, 0.1) is 6.92 Å². The van der Waals surface area contributed by atoms with E-state index < -0.39 is 0 Å².